The summed E-state index contributed by atoms with van der Waals surface area (Å²) in [6, 6.07) is 13.3. The number of hydrogen-bond donors (Lipinski definition) is 2. The van der Waals surface area contributed by atoms with E-state index >= 15 is 0 Å². The molecule has 2 aromatic rings. The molecular weight excluding hydrogens is 414 g/mol. The van der Waals surface area contributed by atoms with Crippen LogP contribution in [0.25, 0.3) is 0 Å². The van der Waals surface area contributed by atoms with Crippen LogP contribution in [0.3, 0.4) is 0 Å². The number of anilines is 1. The molecule has 3 aliphatic rings. The van der Waals surface area contributed by atoms with E-state index < -0.39 is 0 Å². The average molecular weight is 450 g/mol. The first-order valence-electron chi connectivity index (χ1n) is 12.6. The van der Waals surface area contributed by atoms with Crippen LogP contribution in [0.4, 0.5) is 5.82 Å². The number of carbonyl (C=O) groups excluding carboxylic acids is 2. The number of nitrogens with one attached hydrogen (secondary N) is 2. The summed E-state index contributed by atoms with van der Waals surface area (Å²) in [5.74, 6) is 0.949. The van der Waals surface area contributed by atoms with Crippen LogP contribution in [-0.4, -0.2) is 51.2 Å². The van der Waals surface area contributed by atoms with Gasteiger partial charge in [0.1, 0.15) is 5.82 Å². The predicted octanol–water partition coefficient (Wildman–Crippen LogP) is 3.68. The van der Waals surface area contributed by atoms with Crippen molar-refractivity contribution in [3.63, 3.8) is 0 Å². The van der Waals surface area contributed by atoms with Crippen molar-refractivity contribution < 1.29 is 9.59 Å². The van der Waals surface area contributed by atoms with Crippen LogP contribution >= 0.6 is 0 Å². The van der Waals surface area contributed by atoms with Crippen LogP contribution in [-0.2, 0) is 16.0 Å². The van der Waals surface area contributed by atoms with E-state index in [9.17, 15) is 9.59 Å². The van der Waals surface area contributed by atoms with E-state index in [-0.39, 0.29) is 29.9 Å². The number of amides is 2. The summed E-state index contributed by atoms with van der Waals surface area (Å²) in [6.07, 6.45) is 11.8. The smallest absolute Gasteiger partial charge is 0.239 e. The largest absolute Gasteiger partial charge is 0.352 e. The molecule has 5 rings (SSSR count). The standard InChI is InChI=1S/C26H35N5O2/c32-25-13-7-6-12-23-22(28-25)17-21(16-19-8-2-1-3-9-19)30(23)18-26(33)29-24-14-15-27-31(24)20-10-4-5-11-20/h1-3,8-9,14-15,20-23H,4-7,10-13,16-18H2,(H,28,32)(H,29,33)/t21-,22-,23+/m1/s1. The van der Waals surface area contributed by atoms with Crippen molar-refractivity contribution >= 4 is 17.6 Å². The molecule has 2 aliphatic heterocycles. The number of fused-ring (bicyclic) bond motifs is 1. The lowest BCUT2D eigenvalue weighted by atomic mass is 9.97. The molecule has 0 spiro atoms. The third-order valence-corrected chi connectivity index (χ3v) is 7.63. The van der Waals surface area contributed by atoms with Gasteiger partial charge in [-0.15, -0.1) is 0 Å². The molecular formula is C26H35N5O2. The molecule has 2 N–H and O–H groups in total. The Morgan fingerprint density at radius 1 is 1.06 bits per heavy atom. The minimum absolute atomic E-state index is 0.00171. The zero-order valence-corrected chi connectivity index (χ0v) is 19.3. The zero-order valence-electron chi connectivity index (χ0n) is 19.3. The van der Waals surface area contributed by atoms with Gasteiger partial charge in [-0.2, -0.15) is 5.10 Å². The highest BCUT2D eigenvalue weighted by atomic mass is 16.2. The molecule has 2 amide bonds. The summed E-state index contributed by atoms with van der Waals surface area (Å²) < 4.78 is 2.00. The third kappa shape index (κ3) is 5.13. The lowest BCUT2D eigenvalue weighted by Gasteiger charge is -2.32. The molecule has 1 aromatic heterocycles. The van der Waals surface area contributed by atoms with E-state index in [1.54, 1.807) is 6.20 Å². The van der Waals surface area contributed by atoms with Crippen molar-refractivity contribution in [2.45, 2.75) is 88.4 Å². The van der Waals surface area contributed by atoms with Gasteiger partial charge in [0.2, 0.25) is 11.8 Å². The Kier molecular flexibility index (Phi) is 6.76. The fourth-order valence-electron chi connectivity index (χ4n) is 6.06. The molecule has 0 radical (unpaired) electrons. The van der Waals surface area contributed by atoms with Crippen LogP contribution in [0.5, 0.6) is 0 Å². The molecule has 2 saturated heterocycles. The highest BCUT2D eigenvalue weighted by molar-refractivity contribution is 5.91. The van der Waals surface area contributed by atoms with Gasteiger partial charge in [-0.1, -0.05) is 49.6 Å². The van der Waals surface area contributed by atoms with Crippen LogP contribution in [0.15, 0.2) is 42.6 Å². The summed E-state index contributed by atoms with van der Waals surface area (Å²) in [6.45, 7) is 0.338. The highest BCUT2D eigenvalue weighted by Gasteiger charge is 2.42. The summed E-state index contributed by atoms with van der Waals surface area (Å²) in [5.41, 5.74) is 1.27. The quantitative estimate of drug-likeness (QED) is 0.705. The van der Waals surface area contributed by atoms with Crippen molar-refractivity contribution in [3.05, 3.63) is 48.2 Å². The van der Waals surface area contributed by atoms with Crippen molar-refractivity contribution in [1.29, 1.82) is 0 Å². The number of likely N-dealkylation sites (tertiary alicyclic amines) is 1. The van der Waals surface area contributed by atoms with Crippen molar-refractivity contribution in [2.24, 2.45) is 0 Å². The van der Waals surface area contributed by atoms with Crippen LogP contribution in [0.1, 0.15) is 69.4 Å². The second kappa shape index (κ2) is 10.1. The maximum atomic E-state index is 13.2. The number of hydrogen-bond acceptors (Lipinski definition) is 4. The summed E-state index contributed by atoms with van der Waals surface area (Å²) in [5, 5.41) is 10.9. The monoisotopic (exact) mass is 449 g/mol. The maximum Gasteiger partial charge on any atom is 0.239 e. The third-order valence-electron chi connectivity index (χ3n) is 7.63. The second-order valence-electron chi connectivity index (χ2n) is 9.89. The predicted molar refractivity (Wildman–Crippen MR) is 128 cm³/mol. The van der Waals surface area contributed by atoms with Crippen molar-refractivity contribution in [1.82, 2.24) is 20.0 Å². The molecule has 7 nitrogen and oxygen atoms in total. The topological polar surface area (TPSA) is 79.3 Å². The van der Waals surface area contributed by atoms with E-state index in [1.807, 2.05) is 16.8 Å². The molecule has 3 atom stereocenters. The van der Waals surface area contributed by atoms with E-state index in [0.717, 1.165) is 50.8 Å². The Bertz CT molecular complexity index is 953. The molecule has 0 bridgehead atoms. The first-order chi connectivity index (χ1) is 16.2. The summed E-state index contributed by atoms with van der Waals surface area (Å²) in [4.78, 5) is 27.9. The van der Waals surface area contributed by atoms with Gasteiger partial charge in [0.25, 0.3) is 0 Å². The van der Waals surface area contributed by atoms with Gasteiger partial charge >= 0.3 is 0 Å². The first kappa shape index (κ1) is 22.1. The van der Waals surface area contributed by atoms with Crippen molar-refractivity contribution in [3.8, 4) is 0 Å². The van der Waals surface area contributed by atoms with Gasteiger partial charge < -0.3 is 10.6 Å². The Balaban J connectivity index is 1.32. The van der Waals surface area contributed by atoms with Crippen LogP contribution in [0, 0.1) is 0 Å². The van der Waals surface area contributed by atoms with E-state index in [1.165, 1.54) is 18.4 Å². The Labute approximate surface area is 195 Å². The lowest BCUT2D eigenvalue weighted by Crippen LogP contribution is -2.49. The maximum absolute atomic E-state index is 13.2. The minimum Gasteiger partial charge on any atom is -0.352 e. The molecule has 3 fully saturated rings. The number of aromatic nitrogens is 2. The number of nitrogens with zero attached hydrogens (tertiary/aromatic N) is 3. The van der Waals surface area contributed by atoms with Gasteiger partial charge in [0.15, 0.2) is 0 Å². The fraction of sp³-hybridized carbons (Fsp3) is 0.577. The second-order valence-corrected chi connectivity index (χ2v) is 9.89. The van der Waals surface area contributed by atoms with Gasteiger partial charge in [0.05, 0.1) is 18.8 Å². The number of benzene rings is 1. The van der Waals surface area contributed by atoms with Gasteiger partial charge in [0, 0.05) is 30.6 Å². The van der Waals surface area contributed by atoms with Crippen LogP contribution < -0.4 is 10.6 Å². The van der Waals surface area contributed by atoms with Gasteiger partial charge in [-0.05, 0) is 44.1 Å². The number of rotatable bonds is 6. The van der Waals surface area contributed by atoms with E-state index in [2.05, 4.69) is 44.9 Å². The molecule has 176 valence electrons. The fourth-order valence-corrected chi connectivity index (χ4v) is 6.06. The van der Waals surface area contributed by atoms with Crippen molar-refractivity contribution in [2.75, 3.05) is 11.9 Å². The lowest BCUT2D eigenvalue weighted by molar-refractivity contribution is -0.122. The average Bonchev–Trinajstić information content (AvgIpc) is 3.53. The Morgan fingerprint density at radius 3 is 2.67 bits per heavy atom. The van der Waals surface area contributed by atoms with E-state index in [4.69, 9.17) is 0 Å². The number of carbonyl (C=O) groups is 2. The molecule has 7 heteroatoms. The molecule has 0 unspecified atom stereocenters. The normalized spacial score (nSPS) is 26.4. The molecule has 3 heterocycles. The SMILES string of the molecule is O=C(CN1[C@H](Cc2ccccc2)C[C@H]2NC(=O)CCCC[C@@H]21)Nc1ccnn1C1CCCC1. The Morgan fingerprint density at radius 2 is 1.85 bits per heavy atom. The summed E-state index contributed by atoms with van der Waals surface area (Å²) in [7, 11) is 0. The molecule has 1 aliphatic carbocycles. The highest BCUT2D eigenvalue weighted by Crippen LogP contribution is 2.33. The minimum atomic E-state index is 0.00171. The van der Waals surface area contributed by atoms with Gasteiger partial charge in [-0.25, -0.2) is 4.68 Å². The first-order valence-corrected chi connectivity index (χ1v) is 12.6. The molecule has 1 saturated carbocycles. The van der Waals surface area contributed by atoms with Crippen LogP contribution in [0.2, 0.25) is 0 Å². The Hall–Kier alpha value is -2.67. The van der Waals surface area contributed by atoms with E-state index in [0.29, 0.717) is 19.0 Å². The van der Waals surface area contributed by atoms with Gasteiger partial charge in [-0.3, -0.25) is 14.5 Å². The molecule has 33 heavy (non-hydrogen) atoms. The zero-order chi connectivity index (χ0) is 22.6. The molecule has 1 aromatic carbocycles. The summed E-state index contributed by atoms with van der Waals surface area (Å²) >= 11 is 0.